The maximum atomic E-state index is 4.97. The Morgan fingerprint density at radius 2 is 1.43 bits per heavy atom. The van der Waals surface area contributed by atoms with Gasteiger partial charge in [-0.25, -0.2) is 0 Å². The average molecular weight is 283 g/mol. The molecule has 3 aliphatic carbocycles. The molecule has 2 bridgehead atoms. The first-order valence-electron chi connectivity index (χ1n) is 4.45. The van der Waals surface area contributed by atoms with Crippen molar-refractivity contribution in [1.29, 1.82) is 0 Å². The Hall–Kier alpha value is 1.32. The molecular formula is C10H9Cl3Ti. The number of hydrogen-bond acceptors (Lipinski definition) is 0. The van der Waals surface area contributed by atoms with E-state index in [2.05, 4.69) is 31.4 Å². The summed E-state index contributed by atoms with van der Waals surface area (Å²) in [5, 5.41) is 0. The second-order valence-electron chi connectivity index (χ2n) is 3.48. The summed E-state index contributed by atoms with van der Waals surface area (Å²) < 4.78 is 0. The molecule has 0 N–H and O–H groups in total. The van der Waals surface area contributed by atoms with Gasteiger partial charge in [0.05, 0.1) is 0 Å². The van der Waals surface area contributed by atoms with Gasteiger partial charge in [0, 0.05) is 0 Å². The monoisotopic (exact) mass is 282 g/mol. The molecule has 0 aromatic carbocycles. The second-order valence-corrected chi connectivity index (χ2v) is 11.2. The van der Waals surface area contributed by atoms with Crippen molar-refractivity contribution in [3.8, 4) is 0 Å². The first-order valence-corrected chi connectivity index (χ1v) is 10.9. The number of halogens is 3. The van der Waals surface area contributed by atoms with Crippen molar-refractivity contribution in [3.63, 3.8) is 0 Å². The number of fused-ring (bicyclic) bond motifs is 5. The van der Waals surface area contributed by atoms with Crippen LogP contribution >= 0.6 is 27.9 Å². The molecule has 0 amide bonds. The van der Waals surface area contributed by atoms with E-state index in [9.17, 15) is 0 Å². The van der Waals surface area contributed by atoms with Crippen molar-refractivity contribution in [1.82, 2.24) is 0 Å². The molecule has 74 valence electrons. The van der Waals surface area contributed by atoms with Gasteiger partial charge in [-0.15, -0.1) is 0 Å². The molecule has 2 saturated carbocycles. The molecule has 3 aliphatic rings. The zero-order valence-electron chi connectivity index (χ0n) is 7.38. The Morgan fingerprint density at radius 1 is 1.00 bits per heavy atom. The topological polar surface area (TPSA) is 0 Å². The summed E-state index contributed by atoms with van der Waals surface area (Å²) in [4.78, 5) is 0. The third kappa shape index (κ3) is 2.52. The Bertz CT molecular complexity index is 209. The summed E-state index contributed by atoms with van der Waals surface area (Å²) >= 11 is -1.92. The summed E-state index contributed by atoms with van der Waals surface area (Å²) in [6, 6.07) is 0. The summed E-state index contributed by atoms with van der Waals surface area (Å²) in [5.41, 5.74) is 0. The van der Waals surface area contributed by atoms with Crippen molar-refractivity contribution in [2.24, 2.45) is 11.8 Å². The molecule has 0 aromatic heterocycles. The van der Waals surface area contributed by atoms with Gasteiger partial charge in [-0.2, -0.15) is 0 Å². The minimum absolute atomic E-state index is 0.773. The normalized spacial score (nSPS) is 34.2. The van der Waals surface area contributed by atoms with Crippen LogP contribution in [0.25, 0.3) is 0 Å². The molecule has 0 saturated heterocycles. The van der Waals surface area contributed by atoms with E-state index in [-0.39, 0.29) is 0 Å². The SMILES string of the molecule is [CH]1[CH][C]2[C]([CH]1)C1C=CC2C1.[Cl][Ti]([Cl])[Cl]. The van der Waals surface area contributed by atoms with Gasteiger partial charge in [0.15, 0.2) is 0 Å². The molecule has 2 unspecified atom stereocenters. The van der Waals surface area contributed by atoms with Crippen molar-refractivity contribution in [2.45, 2.75) is 6.42 Å². The van der Waals surface area contributed by atoms with Crippen LogP contribution in [-0.4, -0.2) is 0 Å². The van der Waals surface area contributed by atoms with Crippen LogP contribution in [0, 0.1) is 42.9 Å². The van der Waals surface area contributed by atoms with Crippen LogP contribution < -0.4 is 0 Å². The van der Waals surface area contributed by atoms with Crippen LogP contribution in [0.5, 0.6) is 0 Å². The van der Waals surface area contributed by atoms with E-state index >= 15 is 0 Å². The minimum atomic E-state index is -1.92. The molecule has 2 atom stereocenters. The average Bonchev–Trinajstić information content (AvgIpc) is 2.76. The van der Waals surface area contributed by atoms with E-state index in [1.54, 1.807) is 11.8 Å². The van der Waals surface area contributed by atoms with Gasteiger partial charge in [0.2, 0.25) is 0 Å². The van der Waals surface area contributed by atoms with Crippen LogP contribution in [0.3, 0.4) is 0 Å². The molecule has 14 heavy (non-hydrogen) atoms. The van der Waals surface area contributed by atoms with Crippen LogP contribution in [0.2, 0.25) is 0 Å². The van der Waals surface area contributed by atoms with E-state index in [0.717, 1.165) is 11.8 Å². The van der Waals surface area contributed by atoms with Crippen LogP contribution in [0.15, 0.2) is 12.2 Å². The number of rotatable bonds is 0. The fourth-order valence-electron chi connectivity index (χ4n) is 2.28. The standard InChI is InChI=1S/C10H9.3ClH.Ti/c1-2-9-7-4-5-8(6-7)10(9)3-1;;;;/h1-5,7-8H,6H2;3*1H;/q;;;;+3/p-3. The van der Waals surface area contributed by atoms with Gasteiger partial charge >= 0.3 is 42.6 Å². The second kappa shape index (κ2) is 5.10. The molecule has 4 heteroatoms. The molecule has 0 aliphatic heterocycles. The van der Waals surface area contributed by atoms with Gasteiger partial charge in [0.25, 0.3) is 0 Å². The van der Waals surface area contributed by atoms with E-state index < -0.39 is 14.7 Å². The number of allylic oxidation sites excluding steroid dienone is 2. The molecule has 0 nitrogen and oxygen atoms in total. The predicted octanol–water partition coefficient (Wildman–Crippen LogP) is 4.03. The summed E-state index contributed by atoms with van der Waals surface area (Å²) in [5.74, 6) is 4.73. The van der Waals surface area contributed by atoms with E-state index in [0.29, 0.717) is 0 Å². The van der Waals surface area contributed by atoms with Gasteiger partial charge in [-0.1, -0.05) is 12.2 Å². The first-order chi connectivity index (χ1) is 6.68. The fraction of sp³-hybridized carbons (Fsp3) is 0.300. The van der Waals surface area contributed by atoms with Gasteiger partial charge < -0.3 is 0 Å². The van der Waals surface area contributed by atoms with Gasteiger partial charge in [-0.3, -0.25) is 0 Å². The Kier molecular flexibility index (Phi) is 4.30. The summed E-state index contributed by atoms with van der Waals surface area (Å²) in [7, 11) is 14.9. The third-order valence-electron chi connectivity index (χ3n) is 2.77. The predicted molar refractivity (Wildman–Crippen MR) is 57.7 cm³/mol. The Morgan fingerprint density at radius 3 is 1.86 bits per heavy atom. The first kappa shape index (κ1) is 11.8. The molecular weight excluding hydrogens is 274 g/mol. The molecule has 3 rings (SSSR count). The van der Waals surface area contributed by atoms with Crippen LogP contribution in [-0.2, 0) is 14.7 Å². The molecule has 0 spiro atoms. The van der Waals surface area contributed by atoms with Crippen LogP contribution in [0.1, 0.15) is 6.42 Å². The Balaban J connectivity index is 0.000000165. The van der Waals surface area contributed by atoms with Gasteiger partial charge in [0.1, 0.15) is 0 Å². The fourth-order valence-corrected chi connectivity index (χ4v) is 2.28. The number of hydrogen-bond donors (Lipinski definition) is 0. The zero-order chi connectivity index (χ0) is 10.1. The Labute approximate surface area is 103 Å². The molecule has 2 fully saturated rings. The van der Waals surface area contributed by atoms with E-state index in [4.69, 9.17) is 27.9 Å². The summed E-state index contributed by atoms with van der Waals surface area (Å²) in [6.07, 6.45) is 12.8. The molecule has 5 radical (unpaired) electrons. The third-order valence-corrected chi connectivity index (χ3v) is 2.77. The van der Waals surface area contributed by atoms with E-state index in [1.165, 1.54) is 6.42 Å². The van der Waals surface area contributed by atoms with Crippen molar-refractivity contribution >= 4 is 27.9 Å². The van der Waals surface area contributed by atoms with Gasteiger partial charge in [-0.05, 0) is 49.4 Å². The quantitative estimate of drug-likeness (QED) is 0.465. The zero-order valence-corrected chi connectivity index (χ0v) is 11.2. The van der Waals surface area contributed by atoms with Crippen molar-refractivity contribution < 1.29 is 14.7 Å². The molecule has 0 aromatic rings. The van der Waals surface area contributed by atoms with Crippen molar-refractivity contribution in [3.05, 3.63) is 43.3 Å². The van der Waals surface area contributed by atoms with Crippen molar-refractivity contribution in [2.75, 3.05) is 0 Å². The summed E-state index contributed by atoms with van der Waals surface area (Å²) in [6.45, 7) is 0. The van der Waals surface area contributed by atoms with E-state index in [1.807, 2.05) is 0 Å². The maximum absolute atomic E-state index is 4.97. The molecule has 0 heterocycles. The van der Waals surface area contributed by atoms with Crippen LogP contribution in [0.4, 0.5) is 0 Å².